The predicted octanol–water partition coefficient (Wildman–Crippen LogP) is 2.74. The van der Waals surface area contributed by atoms with Gasteiger partial charge in [-0.25, -0.2) is 4.99 Å². The molecule has 0 aliphatic rings. The molecule has 0 heterocycles. The first-order chi connectivity index (χ1) is 12.7. The van der Waals surface area contributed by atoms with E-state index in [9.17, 15) is 18.0 Å². The van der Waals surface area contributed by atoms with E-state index in [4.69, 9.17) is 4.74 Å². The number of aliphatic imine (C=N–C) groups is 1. The summed E-state index contributed by atoms with van der Waals surface area (Å²) in [5.74, 6) is 0.455. The van der Waals surface area contributed by atoms with Crippen molar-refractivity contribution in [3.63, 3.8) is 0 Å². The molecule has 2 N–H and O–H groups in total. The standard InChI is InChI=1S/C18H27F3N4O2.HI/c1-5-22-17(24-11-16(26)25(3)12-18(19,20)21)23-9-8-14-10-13(2)6-7-15(14)27-4;/h6-7,10H,5,8-9,11-12H2,1-4H3,(H2,22,23,24);1H. The molecule has 0 fully saturated rings. The number of alkyl halides is 3. The van der Waals surface area contributed by atoms with Crippen LogP contribution in [-0.4, -0.2) is 63.3 Å². The van der Waals surface area contributed by atoms with Crippen LogP contribution in [0.5, 0.6) is 5.75 Å². The van der Waals surface area contributed by atoms with Crippen LogP contribution in [0.2, 0.25) is 0 Å². The number of halogens is 4. The van der Waals surface area contributed by atoms with E-state index in [-0.39, 0.29) is 30.5 Å². The summed E-state index contributed by atoms with van der Waals surface area (Å²) in [4.78, 5) is 16.5. The Kier molecular flexibility index (Phi) is 11.9. The fraction of sp³-hybridized carbons (Fsp3) is 0.556. The number of carbonyl (C=O) groups excluding carboxylic acids is 1. The number of methoxy groups -OCH3 is 1. The SMILES string of the molecule is CCNC(=NCC(=O)N(C)CC(F)(F)F)NCCc1cc(C)ccc1OC.I. The summed E-state index contributed by atoms with van der Waals surface area (Å²) in [5, 5.41) is 6.04. The highest BCUT2D eigenvalue weighted by atomic mass is 127. The molecule has 0 atom stereocenters. The van der Waals surface area contributed by atoms with E-state index in [2.05, 4.69) is 15.6 Å². The van der Waals surface area contributed by atoms with E-state index in [0.29, 0.717) is 30.4 Å². The topological polar surface area (TPSA) is 66.0 Å². The van der Waals surface area contributed by atoms with Gasteiger partial charge >= 0.3 is 6.18 Å². The Balaban J connectivity index is 0.00000729. The molecule has 160 valence electrons. The summed E-state index contributed by atoms with van der Waals surface area (Å²) in [6.45, 7) is 3.28. The van der Waals surface area contributed by atoms with Crippen LogP contribution >= 0.6 is 24.0 Å². The highest BCUT2D eigenvalue weighted by Gasteiger charge is 2.31. The van der Waals surface area contributed by atoms with Crippen molar-refractivity contribution in [3.8, 4) is 5.75 Å². The van der Waals surface area contributed by atoms with Gasteiger partial charge in [-0.05, 0) is 31.9 Å². The van der Waals surface area contributed by atoms with Crippen LogP contribution in [0.15, 0.2) is 23.2 Å². The average molecular weight is 516 g/mol. The molecule has 0 unspecified atom stereocenters. The average Bonchev–Trinajstić information content (AvgIpc) is 2.58. The number of hydrogen-bond acceptors (Lipinski definition) is 3. The molecule has 0 aliphatic heterocycles. The van der Waals surface area contributed by atoms with Crippen LogP contribution in [-0.2, 0) is 11.2 Å². The Morgan fingerprint density at radius 2 is 1.96 bits per heavy atom. The van der Waals surface area contributed by atoms with Gasteiger partial charge in [0, 0.05) is 20.1 Å². The largest absolute Gasteiger partial charge is 0.496 e. The van der Waals surface area contributed by atoms with Crippen LogP contribution in [0.1, 0.15) is 18.1 Å². The summed E-state index contributed by atoms with van der Waals surface area (Å²) in [5.41, 5.74) is 2.14. The number of rotatable bonds is 8. The Morgan fingerprint density at radius 1 is 1.29 bits per heavy atom. The van der Waals surface area contributed by atoms with E-state index in [1.54, 1.807) is 7.11 Å². The van der Waals surface area contributed by atoms with Gasteiger partial charge in [-0.2, -0.15) is 13.2 Å². The fourth-order valence-electron chi connectivity index (χ4n) is 2.38. The number of hydrogen-bond donors (Lipinski definition) is 2. The zero-order chi connectivity index (χ0) is 20.4. The minimum Gasteiger partial charge on any atom is -0.496 e. The number of carbonyl (C=O) groups is 1. The molecule has 0 bridgehead atoms. The van der Waals surface area contributed by atoms with Gasteiger partial charge in [0.15, 0.2) is 5.96 Å². The van der Waals surface area contributed by atoms with Crippen molar-refractivity contribution in [1.82, 2.24) is 15.5 Å². The summed E-state index contributed by atoms with van der Waals surface area (Å²) in [6.07, 6.45) is -3.76. The molecule has 0 aliphatic carbocycles. The maximum Gasteiger partial charge on any atom is 0.406 e. The molecule has 0 spiro atoms. The maximum atomic E-state index is 12.3. The predicted molar refractivity (Wildman–Crippen MR) is 115 cm³/mol. The van der Waals surface area contributed by atoms with Crippen molar-refractivity contribution < 1.29 is 22.7 Å². The number of nitrogens with one attached hydrogen (secondary N) is 2. The lowest BCUT2D eigenvalue weighted by atomic mass is 10.1. The van der Waals surface area contributed by atoms with Crippen LogP contribution in [0.4, 0.5) is 13.2 Å². The number of aryl methyl sites for hydroxylation is 1. The quantitative estimate of drug-likeness (QED) is 0.317. The number of amides is 1. The third-order valence-corrected chi connectivity index (χ3v) is 3.68. The van der Waals surface area contributed by atoms with Crippen molar-refractivity contribution in [1.29, 1.82) is 0 Å². The number of ether oxygens (including phenoxy) is 1. The second-order valence-electron chi connectivity index (χ2n) is 6.05. The lowest BCUT2D eigenvalue weighted by molar-refractivity contribution is -0.157. The molecular weight excluding hydrogens is 488 g/mol. The smallest absolute Gasteiger partial charge is 0.406 e. The minimum absolute atomic E-state index is 0. The highest BCUT2D eigenvalue weighted by Crippen LogP contribution is 2.19. The van der Waals surface area contributed by atoms with E-state index >= 15 is 0 Å². The second-order valence-corrected chi connectivity index (χ2v) is 6.05. The first kappa shape index (κ1) is 26.3. The molecule has 10 heteroatoms. The van der Waals surface area contributed by atoms with E-state index in [1.165, 1.54) is 0 Å². The van der Waals surface area contributed by atoms with Crippen LogP contribution in [0, 0.1) is 6.92 Å². The third kappa shape index (κ3) is 10.00. The van der Waals surface area contributed by atoms with Crippen molar-refractivity contribution in [2.24, 2.45) is 4.99 Å². The Bertz CT molecular complexity index is 654. The maximum absolute atomic E-state index is 12.3. The second kappa shape index (κ2) is 12.7. The van der Waals surface area contributed by atoms with Gasteiger partial charge in [0.05, 0.1) is 7.11 Å². The molecule has 0 radical (unpaired) electrons. The molecular formula is C18H28F3IN4O2. The van der Waals surface area contributed by atoms with Gasteiger partial charge in [-0.15, -0.1) is 24.0 Å². The molecule has 6 nitrogen and oxygen atoms in total. The number of guanidine groups is 1. The number of nitrogens with zero attached hydrogens (tertiary/aromatic N) is 2. The zero-order valence-corrected chi connectivity index (χ0v) is 18.9. The summed E-state index contributed by atoms with van der Waals surface area (Å²) in [7, 11) is 2.71. The Morgan fingerprint density at radius 3 is 2.54 bits per heavy atom. The summed E-state index contributed by atoms with van der Waals surface area (Å²) < 4.78 is 42.4. The summed E-state index contributed by atoms with van der Waals surface area (Å²) in [6, 6.07) is 5.89. The highest BCUT2D eigenvalue weighted by molar-refractivity contribution is 14.0. The Hall–Kier alpha value is -1.72. The zero-order valence-electron chi connectivity index (χ0n) is 16.5. The molecule has 1 rings (SSSR count). The molecule has 0 saturated heterocycles. The van der Waals surface area contributed by atoms with Gasteiger partial charge in [0.25, 0.3) is 0 Å². The van der Waals surface area contributed by atoms with Gasteiger partial charge in [-0.3, -0.25) is 4.79 Å². The summed E-state index contributed by atoms with van der Waals surface area (Å²) >= 11 is 0. The first-order valence-electron chi connectivity index (χ1n) is 8.62. The van der Waals surface area contributed by atoms with Crippen LogP contribution in [0.3, 0.4) is 0 Å². The minimum atomic E-state index is -4.43. The van der Waals surface area contributed by atoms with E-state index in [0.717, 1.165) is 23.9 Å². The van der Waals surface area contributed by atoms with Crippen molar-refractivity contribution in [2.45, 2.75) is 26.4 Å². The number of likely N-dealkylation sites (N-methyl/N-ethyl adjacent to an activating group) is 1. The van der Waals surface area contributed by atoms with Crippen molar-refractivity contribution in [3.05, 3.63) is 29.3 Å². The van der Waals surface area contributed by atoms with Gasteiger partial charge < -0.3 is 20.3 Å². The molecule has 0 saturated carbocycles. The van der Waals surface area contributed by atoms with Gasteiger partial charge in [-0.1, -0.05) is 17.7 Å². The third-order valence-electron chi connectivity index (χ3n) is 3.68. The van der Waals surface area contributed by atoms with Crippen molar-refractivity contribution >= 4 is 35.8 Å². The van der Waals surface area contributed by atoms with E-state index < -0.39 is 18.6 Å². The van der Waals surface area contributed by atoms with Gasteiger partial charge in [0.2, 0.25) is 5.91 Å². The number of benzene rings is 1. The van der Waals surface area contributed by atoms with Crippen LogP contribution in [0.25, 0.3) is 0 Å². The molecule has 28 heavy (non-hydrogen) atoms. The molecule has 0 aromatic heterocycles. The van der Waals surface area contributed by atoms with Crippen LogP contribution < -0.4 is 15.4 Å². The lowest BCUT2D eigenvalue weighted by Crippen LogP contribution is -2.40. The first-order valence-corrected chi connectivity index (χ1v) is 8.62. The Labute approximate surface area is 180 Å². The monoisotopic (exact) mass is 516 g/mol. The van der Waals surface area contributed by atoms with E-state index in [1.807, 2.05) is 32.0 Å². The van der Waals surface area contributed by atoms with Gasteiger partial charge in [0.1, 0.15) is 18.8 Å². The lowest BCUT2D eigenvalue weighted by Gasteiger charge is -2.18. The molecule has 1 aromatic carbocycles. The van der Waals surface area contributed by atoms with Crippen molar-refractivity contribution in [2.75, 3.05) is 40.3 Å². The normalized spacial score (nSPS) is 11.5. The molecule has 1 amide bonds. The fourth-order valence-corrected chi connectivity index (χ4v) is 2.38. The molecule has 1 aromatic rings.